The van der Waals surface area contributed by atoms with Crippen LogP contribution in [0.1, 0.15) is 25.3 Å². The lowest BCUT2D eigenvalue weighted by molar-refractivity contribution is 0.418. The highest BCUT2D eigenvalue weighted by atomic mass is 16.5. The number of para-hydroxylation sites is 1. The molecule has 0 fully saturated rings. The first-order valence-electron chi connectivity index (χ1n) is 5.29. The van der Waals surface area contributed by atoms with Crippen molar-refractivity contribution in [2.24, 2.45) is 0 Å². The quantitative estimate of drug-likeness (QED) is 0.840. The minimum Gasteiger partial charge on any atom is -0.506 e. The van der Waals surface area contributed by atoms with Gasteiger partial charge in [-0.2, -0.15) is 0 Å². The lowest BCUT2D eigenvalue weighted by Gasteiger charge is -2.13. The standard InChI is InChI=1S/C13H15NO2/c1-8(2)12-9-5-4-6-11(16-3)13(9)14-7-10(12)15/h4-8,15H,1-3H3. The van der Waals surface area contributed by atoms with Gasteiger partial charge in [-0.1, -0.05) is 26.0 Å². The fourth-order valence-corrected chi connectivity index (χ4v) is 1.98. The fourth-order valence-electron chi connectivity index (χ4n) is 1.98. The zero-order valence-corrected chi connectivity index (χ0v) is 9.69. The molecule has 0 unspecified atom stereocenters. The first kappa shape index (κ1) is 10.7. The van der Waals surface area contributed by atoms with E-state index in [1.807, 2.05) is 32.0 Å². The molecular formula is C13H15NO2. The van der Waals surface area contributed by atoms with Crippen molar-refractivity contribution in [2.75, 3.05) is 7.11 Å². The number of aromatic nitrogens is 1. The van der Waals surface area contributed by atoms with Crippen LogP contribution < -0.4 is 4.74 Å². The molecule has 3 heteroatoms. The van der Waals surface area contributed by atoms with E-state index in [0.29, 0.717) is 0 Å². The molecule has 0 amide bonds. The normalized spacial score (nSPS) is 11.0. The molecule has 16 heavy (non-hydrogen) atoms. The van der Waals surface area contributed by atoms with Crippen LogP contribution in [0, 0.1) is 0 Å². The third-order valence-corrected chi connectivity index (χ3v) is 2.68. The monoisotopic (exact) mass is 217 g/mol. The maximum Gasteiger partial charge on any atom is 0.145 e. The molecule has 0 saturated carbocycles. The molecule has 0 saturated heterocycles. The molecule has 1 heterocycles. The highest BCUT2D eigenvalue weighted by Crippen LogP contribution is 2.34. The Morgan fingerprint density at radius 1 is 1.31 bits per heavy atom. The van der Waals surface area contributed by atoms with E-state index in [4.69, 9.17) is 4.74 Å². The molecule has 3 nitrogen and oxygen atoms in total. The zero-order chi connectivity index (χ0) is 11.7. The molecule has 0 spiro atoms. The lowest BCUT2D eigenvalue weighted by atomic mass is 9.98. The lowest BCUT2D eigenvalue weighted by Crippen LogP contribution is -1.94. The van der Waals surface area contributed by atoms with Gasteiger partial charge in [0, 0.05) is 10.9 Å². The Labute approximate surface area is 94.7 Å². The summed E-state index contributed by atoms with van der Waals surface area (Å²) in [6.45, 7) is 4.10. The average Bonchev–Trinajstić information content (AvgIpc) is 2.27. The second kappa shape index (κ2) is 4.00. The molecule has 84 valence electrons. The van der Waals surface area contributed by atoms with E-state index in [1.54, 1.807) is 7.11 Å². The summed E-state index contributed by atoms with van der Waals surface area (Å²) in [4.78, 5) is 4.22. The van der Waals surface area contributed by atoms with Gasteiger partial charge in [0.05, 0.1) is 13.3 Å². The Balaban J connectivity index is 2.83. The van der Waals surface area contributed by atoms with Gasteiger partial charge in [-0.3, -0.25) is 0 Å². The van der Waals surface area contributed by atoms with Crippen LogP contribution in [0.5, 0.6) is 11.5 Å². The number of methoxy groups -OCH3 is 1. The van der Waals surface area contributed by atoms with E-state index in [1.165, 1.54) is 6.20 Å². The van der Waals surface area contributed by atoms with E-state index >= 15 is 0 Å². The van der Waals surface area contributed by atoms with Gasteiger partial charge in [0.1, 0.15) is 17.0 Å². The molecule has 1 aromatic carbocycles. The van der Waals surface area contributed by atoms with Crippen LogP contribution in [0.15, 0.2) is 24.4 Å². The third-order valence-electron chi connectivity index (χ3n) is 2.68. The second-order valence-corrected chi connectivity index (χ2v) is 4.07. The van der Waals surface area contributed by atoms with Crippen molar-refractivity contribution in [3.05, 3.63) is 30.0 Å². The zero-order valence-electron chi connectivity index (χ0n) is 9.69. The highest BCUT2D eigenvalue weighted by Gasteiger charge is 2.13. The maximum atomic E-state index is 9.84. The highest BCUT2D eigenvalue weighted by molar-refractivity contribution is 5.89. The van der Waals surface area contributed by atoms with E-state index in [0.717, 1.165) is 22.2 Å². The Hall–Kier alpha value is -1.77. The number of pyridine rings is 1. The summed E-state index contributed by atoms with van der Waals surface area (Å²) in [5.41, 5.74) is 1.72. The Morgan fingerprint density at radius 3 is 2.69 bits per heavy atom. The van der Waals surface area contributed by atoms with E-state index in [-0.39, 0.29) is 11.7 Å². The minimum atomic E-state index is 0.246. The fraction of sp³-hybridized carbons (Fsp3) is 0.308. The molecule has 2 rings (SSSR count). The third kappa shape index (κ3) is 1.58. The van der Waals surface area contributed by atoms with Crippen molar-refractivity contribution < 1.29 is 9.84 Å². The SMILES string of the molecule is COc1cccc2c(C(C)C)c(O)cnc12. The maximum absolute atomic E-state index is 9.84. The van der Waals surface area contributed by atoms with Crippen molar-refractivity contribution in [3.63, 3.8) is 0 Å². The van der Waals surface area contributed by atoms with Crippen LogP contribution in [0.2, 0.25) is 0 Å². The molecule has 0 aliphatic carbocycles. The largest absolute Gasteiger partial charge is 0.506 e. The van der Waals surface area contributed by atoms with Gasteiger partial charge >= 0.3 is 0 Å². The number of fused-ring (bicyclic) bond motifs is 1. The number of nitrogens with zero attached hydrogens (tertiary/aromatic N) is 1. The van der Waals surface area contributed by atoms with Gasteiger partial charge in [0.25, 0.3) is 0 Å². The summed E-state index contributed by atoms with van der Waals surface area (Å²) < 4.78 is 5.26. The molecule has 0 radical (unpaired) electrons. The molecule has 1 aromatic heterocycles. The van der Waals surface area contributed by atoms with E-state index in [9.17, 15) is 5.11 Å². The number of aromatic hydroxyl groups is 1. The van der Waals surface area contributed by atoms with Crippen molar-refractivity contribution in [1.29, 1.82) is 0 Å². The molecule has 0 atom stereocenters. The first-order valence-corrected chi connectivity index (χ1v) is 5.29. The topological polar surface area (TPSA) is 42.4 Å². The smallest absolute Gasteiger partial charge is 0.145 e. The summed E-state index contributed by atoms with van der Waals surface area (Å²) in [6.07, 6.45) is 1.49. The van der Waals surface area contributed by atoms with Gasteiger partial charge in [-0.05, 0) is 12.0 Å². The average molecular weight is 217 g/mol. The minimum absolute atomic E-state index is 0.246. The van der Waals surface area contributed by atoms with E-state index in [2.05, 4.69) is 4.98 Å². The Morgan fingerprint density at radius 2 is 2.06 bits per heavy atom. The summed E-state index contributed by atoms with van der Waals surface area (Å²) >= 11 is 0. The van der Waals surface area contributed by atoms with E-state index < -0.39 is 0 Å². The molecule has 0 aliphatic heterocycles. The molecular weight excluding hydrogens is 202 g/mol. The van der Waals surface area contributed by atoms with Crippen LogP contribution in [0.25, 0.3) is 10.9 Å². The number of rotatable bonds is 2. The molecule has 0 bridgehead atoms. The van der Waals surface area contributed by atoms with Crippen LogP contribution in [0.3, 0.4) is 0 Å². The van der Waals surface area contributed by atoms with Crippen molar-refractivity contribution in [3.8, 4) is 11.5 Å². The van der Waals surface area contributed by atoms with Gasteiger partial charge in [0.2, 0.25) is 0 Å². The molecule has 0 aliphatic rings. The Kier molecular flexibility index (Phi) is 2.69. The second-order valence-electron chi connectivity index (χ2n) is 4.07. The van der Waals surface area contributed by atoms with Gasteiger partial charge < -0.3 is 9.84 Å². The number of ether oxygens (including phenoxy) is 1. The Bertz CT molecular complexity index is 521. The number of benzene rings is 1. The summed E-state index contributed by atoms with van der Waals surface area (Å²) in [7, 11) is 1.62. The van der Waals surface area contributed by atoms with Crippen LogP contribution >= 0.6 is 0 Å². The van der Waals surface area contributed by atoms with Gasteiger partial charge in [0.15, 0.2) is 0 Å². The van der Waals surface area contributed by atoms with Crippen molar-refractivity contribution >= 4 is 10.9 Å². The van der Waals surface area contributed by atoms with Gasteiger partial charge in [-0.15, -0.1) is 0 Å². The summed E-state index contributed by atoms with van der Waals surface area (Å²) in [5.74, 6) is 1.23. The number of hydrogen-bond donors (Lipinski definition) is 1. The molecule has 1 N–H and O–H groups in total. The predicted molar refractivity (Wildman–Crippen MR) is 64.0 cm³/mol. The van der Waals surface area contributed by atoms with Crippen molar-refractivity contribution in [2.45, 2.75) is 19.8 Å². The summed E-state index contributed by atoms with van der Waals surface area (Å²) in [6, 6.07) is 5.74. The van der Waals surface area contributed by atoms with Crippen molar-refractivity contribution in [1.82, 2.24) is 4.98 Å². The summed E-state index contributed by atoms with van der Waals surface area (Å²) in [5, 5.41) is 10.8. The number of hydrogen-bond acceptors (Lipinski definition) is 3. The first-order chi connectivity index (χ1) is 7.65. The van der Waals surface area contributed by atoms with Gasteiger partial charge in [-0.25, -0.2) is 4.98 Å². The molecule has 2 aromatic rings. The van der Waals surface area contributed by atoms with Crippen LogP contribution in [-0.2, 0) is 0 Å². The van der Waals surface area contributed by atoms with Crippen LogP contribution in [-0.4, -0.2) is 17.2 Å². The van der Waals surface area contributed by atoms with Crippen LogP contribution in [0.4, 0.5) is 0 Å². The predicted octanol–water partition coefficient (Wildman–Crippen LogP) is 3.07.